The fraction of sp³-hybridized carbons (Fsp3) is 0.0930. The van der Waals surface area contributed by atoms with E-state index in [-0.39, 0.29) is 33.8 Å². The van der Waals surface area contributed by atoms with Crippen molar-refractivity contribution in [2.45, 2.75) is 19.8 Å². The number of hydrogen-bond donors (Lipinski definition) is 0. The van der Waals surface area contributed by atoms with Gasteiger partial charge in [-0.15, -0.1) is 29.3 Å². The summed E-state index contributed by atoms with van der Waals surface area (Å²) < 4.78 is 0. The Morgan fingerprint density at radius 2 is 1.32 bits per heavy atom. The van der Waals surface area contributed by atoms with Crippen molar-refractivity contribution in [3.8, 4) is 36.4 Å². The number of benzene rings is 3. The Labute approximate surface area is 293 Å². The predicted molar refractivity (Wildman–Crippen MR) is 194 cm³/mol. The first-order valence-corrected chi connectivity index (χ1v) is 15.7. The molecule has 0 spiro atoms. The van der Waals surface area contributed by atoms with Gasteiger partial charge in [0.2, 0.25) is 0 Å². The standard InChI is InChI=1S/C43H30N7/c1-2-50(40-22-10-5-11-23-40)43-34(18-12-20-36(26-44)41(38(28-46)29-47)32-14-6-3-7-15-32)24-25-35(43)19-13-21-37(27-45)42(39(30-48)31-49)33-16-8-4-9-17-33/h3-23H,2,24-25H2,1H3/q-1/b18-12+,21-13+,35-19+,36-20+,42-37+. The highest BCUT2D eigenvalue weighted by Gasteiger charge is 2.23. The van der Waals surface area contributed by atoms with Gasteiger partial charge in [0.25, 0.3) is 0 Å². The summed E-state index contributed by atoms with van der Waals surface area (Å²) in [5.74, 6) is -0.146. The number of para-hydroxylation sites is 1. The van der Waals surface area contributed by atoms with Gasteiger partial charge in [0.15, 0.2) is 0 Å². The number of likely N-dealkylation sites (N-methyl/N-ethyl adjacent to an activating group) is 1. The third-order valence-corrected chi connectivity index (χ3v) is 7.90. The van der Waals surface area contributed by atoms with Gasteiger partial charge in [-0.25, -0.2) is 15.8 Å². The number of anilines is 1. The van der Waals surface area contributed by atoms with Crippen LogP contribution in [-0.4, -0.2) is 6.54 Å². The second kappa shape index (κ2) is 18.0. The molecule has 0 N–H and O–H groups in total. The topological polar surface area (TPSA) is 146 Å². The van der Waals surface area contributed by atoms with Crippen LogP contribution in [-0.2, 0) is 0 Å². The molecule has 0 heterocycles. The van der Waals surface area contributed by atoms with Crippen LogP contribution in [0.25, 0.3) is 11.1 Å². The molecule has 50 heavy (non-hydrogen) atoms. The molecule has 3 aromatic carbocycles. The van der Waals surface area contributed by atoms with Crippen molar-refractivity contribution in [2.75, 3.05) is 11.4 Å². The van der Waals surface area contributed by atoms with E-state index in [2.05, 4.69) is 24.0 Å². The first kappa shape index (κ1) is 35.3. The maximum Gasteiger partial charge on any atom is 0.138 e. The fourth-order valence-corrected chi connectivity index (χ4v) is 5.69. The highest BCUT2D eigenvalue weighted by molar-refractivity contribution is 5.90. The zero-order valence-corrected chi connectivity index (χ0v) is 27.4. The van der Waals surface area contributed by atoms with Crippen LogP contribution in [0, 0.1) is 73.9 Å². The molecule has 7 nitrogen and oxygen atoms in total. The van der Waals surface area contributed by atoms with E-state index in [1.54, 1.807) is 72.8 Å². The van der Waals surface area contributed by atoms with Crippen molar-refractivity contribution in [3.63, 3.8) is 0 Å². The second-order valence-corrected chi connectivity index (χ2v) is 10.8. The molecule has 3 aromatic rings. The lowest BCUT2D eigenvalue weighted by Gasteiger charge is -2.27. The second-order valence-electron chi connectivity index (χ2n) is 10.8. The Morgan fingerprint density at radius 1 is 0.720 bits per heavy atom. The summed E-state index contributed by atoms with van der Waals surface area (Å²) in [4.78, 5) is 2.20. The average Bonchev–Trinajstić information content (AvgIpc) is 3.56. The zero-order chi connectivity index (χ0) is 35.7. The van der Waals surface area contributed by atoms with Gasteiger partial charge in [0.05, 0.1) is 11.6 Å². The minimum atomic E-state index is -0.146. The molecule has 0 aromatic heterocycles. The molecule has 0 fully saturated rings. The van der Waals surface area contributed by atoms with Crippen molar-refractivity contribution < 1.29 is 0 Å². The van der Waals surface area contributed by atoms with E-state index in [1.165, 1.54) is 0 Å². The normalized spacial score (nSPS) is 13.7. The molecule has 0 atom stereocenters. The summed E-state index contributed by atoms with van der Waals surface area (Å²) in [5, 5.41) is 58.8. The molecule has 1 aliphatic carbocycles. The average molecular weight is 645 g/mol. The molecule has 238 valence electrons. The molecule has 4 rings (SSSR count). The van der Waals surface area contributed by atoms with Crippen molar-refractivity contribution in [1.29, 1.82) is 31.6 Å². The minimum absolute atomic E-state index is 0.146. The van der Waals surface area contributed by atoms with E-state index in [4.69, 9.17) is 0 Å². The summed E-state index contributed by atoms with van der Waals surface area (Å²) in [6.07, 6.45) is 12.1. The molecule has 0 aliphatic heterocycles. The van der Waals surface area contributed by atoms with Gasteiger partial charge in [-0.2, -0.15) is 15.8 Å². The third kappa shape index (κ3) is 8.23. The lowest BCUT2D eigenvalue weighted by atomic mass is 9.90. The van der Waals surface area contributed by atoms with Crippen LogP contribution < -0.4 is 4.90 Å². The first-order chi connectivity index (χ1) is 24.5. The van der Waals surface area contributed by atoms with Gasteiger partial charge in [0.1, 0.15) is 17.7 Å². The van der Waals surface area contributed by atoms with Gasteiger partial charge >= 0.3 is 0 Å². The lowest BCUT2D eigenvalue weighted by Crippen LogP contribution is -2.22. The molecule has 7 heteroatoms. The Kier molecular flexibility index (Phi) is 12.7. The molecular weight excluding hydrogens is 615 g/mol. The number of nitrogens with zero attached hydrogens (tertiary/aromatic N) is 7. The van der Waals surface area contributed by atoms with Gasteiger partial charge in [-0.1, -0.05) is 91.0 Å². The van der Waals surface area contributed by atoms with Gasteiger partial charge in [-0.05, 0) is 60.3 Å². The van der Waals surface area contributed by atoms with E-state index in [0.29, 0.717) is 30.5 Å². The summed E-state index contributed by atoms with van der Waals surface area (Å²) in [5.41, 5.74) is 5.99. The smallest absolute Gasteiger partial charge is 0.138 e. The third-order valence-electron chi connectivity index (χ3n) is 7.90. The molecule has 0 radical (unpaired) electrons. The van der Waals surface area contributed by atoms with Crippen LogP contribution in [0.4, 0.5) is 5.69 Å². The van der Waals surface area contributed by atoms with Gasteiger partial charge < -0.3 is 4.90 Å². The quantitative estimate of drug-likeness (QED) is 0.115. The summed E-state index contributed by atoms with van der Waals surface area (Å²) in [6.45, 7) is 2.72. The first-order valence-electron chi connectivity index (χ1n) is 15.7. The highest BCUT2D eigenvalue weighted by Crippen LogP contribution is 2.38. The molecule has 0 saturated carbocycles. The maximum absolute atomic E-state index is 10.1. The van der Waals surface area contributed by atoms with E-state index < -0.39 is 0 Å². The molecule has 0 amide bonds. The largest absolute Gasteiger partial charge is 0.341 e. The zero-order valence-electron chi connectivity index (χ0n) is 27.4. The van der Waals surface area contributed by atoms with Crippen LogP contribution in [0.15, 0.2) is 161 Å². The molecule has 1 aliphatic rings. The lowest BCUT2D eigenvalue weighted by molar-refractivity contribution is 0.958. The van der Waals surface area contributed by atoms with E-state index in [0.717, 1.165) is 22.5 Å². The SMILES string of the molecule is CCN(C1=C(/C=C/C=C(\C#N)C(=C(C#N)C#N)c2ccccc2)CC\C1=C/C=C/C(C#N)=C(/c1ccccc1)[C-](C#N)C#N)c1ccccc1. The van der Waals surface area contributed by atoms with Crippen LogP contribution in [0.3, 0.4) is 0 Å². The van der Waals surface area contributed by atoms with Gasteiger partial charge in [0, 0.05) is 47.6 Å². The highest BCUT2D eigenvalue weighted by atomic mass is 15.1. The number of rotatable bonds is 11. The summed E-state index contributed by atoms with van der Waals surface area (Å²) in [7, 11) is 0. The summed E-state index contributed by atoms with van der Waals surface area (Å²) >= 11 is 0. The van der Waals surface area contributed by atoms with E-state index in [9.17, 15) is 31.6 Å². The number of nitriles is 6. The predicted octanol–water partition coefficient (Wildman–Crippen LogP) is 9.15. The van der Waals surface area contributed by atoms with Crippen molar-refractivity contribution >= 4 is 16.8 Å². The molecule has 0 unspecified atom stereocenters. The van der Waals surface area contributed by atoms with E-state index >= 15 is 0 Å². The monoisotopic (exact) mass is 644 g/mol. The van der Waals surface area contributed by atoms with Gasteiger partial charge in [-0.3, -0.25) is 0 Å². The number of allylic oxidation sites excluding steroid dienone is 13. The number of hydrogen-bond acceptors (Lipinski definition) is 7. The van der Waals surface area contributed by atoms with Crippen molar-refractivity contribution in [1.82, 2.24) is 0 Å². The fourth-order valence-electron chi connectivity index (χ4n) is 5.69. The van der Waals surface area contributed by atoms with Crippen LogP contribution in [0.1, 0.15) is 30.9 Å². The van der Waals surface area contributed by atoms with Crippen LogP contribution in [0.2, 0.25) is 0 Å². The Hall–Kier alpha value is -7.55. The summed E-state index contributed by atoms with van der Waals surface area (Å²) in [6, 6.07) is 39.8. The minimum Gasteiger partial charge on any atom is -0.341 e. The maximum atomic E-state index is 10.1. The van der Waals surface area contributed by atoms with Crippen molar-refractivity contribution in [3.05, 3.63) is 178 Å². The van der Waals surface area contributed by atoms with Crippen LogP contribution in [0.5, 0.6) is 0 Å². The van der Waals surface area contributed by atoms with Crippen molar-refractivity contribution in [2.24, 2.45) is 0 Å². The molecular formula is C43H30N7-. The Bertz CT molecular complexity index is 2160. The Balaban J connectivity index is 1.83. The molecule has 0 saturated heterocycles. The Morgan fingerprint density at radius 3 is 1.86 bits per heavy atom. The van der Waals surface area contributed by atoms with E-state index in [1.807, 2.05) is 78.9 Å². The molecule has 0 bridgehead atoms. The van der Waals surface area contributed by atoms with Crippen LogP contribution >= 0.6 is 0 Å².